The van der Waals surface area contributed by atoms with Crippen molar-refractivity contribution in [2.75, 3.05) is 44.7 Å². The molecule has 0 aliphatic carbocycles. The van der Waals surface area contributed by atoms with Gasteiger partial charge in [-0.15, -0.1) is 4.91 Å². The van der Waals surface area contributed by atoms with Gasteiger partial charge >= 0.3 is 0 Å². The van der Waals surface area contributed by atoms with Crippen molar-refractivity contribution < 1.29 is 8.42 Å². The topological polar surface area (TPSA) is 73.3 Å². The van der Waals surface area contributed by atoms with Gasteiger partial charge in [0.2, 0.25) is 10.0 Å². The number of likely N-dealkylation sites (N-methyl/N-ethyl adjacent to an activating group) is 1. The van der Waals surface area contributed by atoms with E-state index in [4.69, 9.17) is 0 Å². The third kappa shape index (κ3) is 3.92. The van der Waals surface area contributed by atoms with E-state index in [-0.39, 0.29) is 16.6 Å². The number of anilines is 1. The smallest absolute Gasteiger partial charge is 0.245 e. The second kappa shape index (κ2) is 8.22. The molecule has 2 aliphatic rings. The van der Waals surface area contributed by atoms with Gasteiger partial charge in [-0.05, 0) is 48.8 Å². The average Bonchev–Trinajstić information content (AvgIpc) is 3.28. The largest absolute Gasteiger partial charge is 0.370 e. The van der Waals surface area contributed by atoms with Crippen molar-refractivity contribution in [2.45, 2.75) is 23.8 Å². The molecule has 0 radical (unpaired) electrons. The van der Waals surface area contributed by atoms with Crippen LogP contribution >= 0.6 is 0 Å². The van der Waals surface area contributed by atoms with Crippen molar-refractivity contribution in [3.05, 3.63) is 59.0 Å². The summed E-state index contributed by atoms with van der Waals surface area (Å²) in [6.45, 7) is 3.31. The van der Waals surface area contributed by atoms with Crippen molar-refractivity contribution in [3.63, 3.8) is 0 Å². The van der Waals surface area contributed by atoms with Crippen LogP contribution in [0.4, 0.5) is 11.4 Å². The quantitative estimate of drug-likeness (QED) is 0.702. The Balaban J connectivity index is 1.78. The lowest BCUT2D eigenvalue weighted by atomic mass is 10.1. The van der Waals surface area contributed by atoms with Crippen LogP contribution in [0, 0.1) is 4.91 Å². The highest BCUT2D eigenvalue weighted by Crippen LogP contribution is 2.37. The van der Waals surface area contributed by atoms with Gasteiger partial charge in [-0.25, -0.2) is 8.42 Å². The van der Waals surface area contributed by atoms with Crippen LogP contribution in [0.5, 0.6) is 0 Å². The summed E-state index contributed by atoms with van der Waals surface area (Å²) in [6.07, 6.45) is 2.03. The van der Waals surface area contributed by atoms with Crippen molar-refractivity contribution in [1.82, 2.24) is 9.21 Å². The Morgan fingerprint density at radius 2 is 1.69 bits per heavy atom. The summed E-state index contributed by atoms with van der Waals surface area (Å²) >= 11 is 0. The van der Waals surface area contributed by atoms with E-state index >= 15 is 0 Å². The maximum absolute atomic E-state index is 13.8. The minimum absolute atomic E-state index is 0.254. The Bertz CT molecular complexity index is 975. The molecule has 0 aromatic heterocycles. The van der Waals surface area contributed by atoms with Crippen LogP contribution in [-0.4, -0.2) is 57.4 Å². The minimum Gasteiger partial charge on any atom is -0.370 e. The van der Waals surface area contributed by atoms with E-state index in [1.807, 2.05) is 37.4 Å². The predicted molar refractivity (Wildman–Crippen MR) is 114 cm³/mol. The Kier molecular flexibility index (Phi) is 5.67. The Labute approximate surface area is 171 Å². The lowest BCUT2D eigenvalue weighted by molar-refractivity contribution is 0.161. The van der Waals surface area contributed by atoms with Gasteiger partial charge in [0.05, 0.1) is 11.7 Å². The maximum atomic E-state index is 13.8. The first-order valence-electron chi connectivity index (χ1n) is 9.98. The second-order valence-electron chi connectivity index (χ2n) is 7.74. The summed E-state index contributed by atoms with van der Waals surface area (Å²) in [5.74, 6) is 0. The number of hydrogen-bond donors (Lipinski definition) is 0. The second-order valence-corrected chi connectivity index (χ2v) is 9.60. The Morgan fingerprint density at radius 3 is 2.38 bits per heavy atom. The molecule has 2 heterocycles. The highest BCUT2D eigenvalue weighted by molar-refractivity contribution is 7.89. The van der Waals surface area contributed by atoms with E-state index < -0.39 is 10.0 Å². The molecule has 2 saturated heterocycles. The molecule has 0 bridgehead atoms. The van der Waals surface area contributed by atoms with E-state index in [1.54, 1.807) is 16.4 Å². The normalized spacial score (nSPS) is 21.4. The van der Waals surface area contributed by atoms with E-state index in [1.165, 1.54) is 6.07 Å². The van der Waals surface area contributed by atoms with E-state index in [9.17, 15) is 13.3 Å². The van der Waals surface area contributed by atoms with Crippen LogP contribution in [0.15, 0.2) is 58.6 Å². The monoisotopic (exact) mass is 414 g/mol. The number of piperazine rings is 1. The van der Waals surface area contributed by atoms with E-state index in [0.717, 1.165) is 31.5 Å². The molecule has 0 amide bonds. The number of nitroso groups, excluding NO2 is 1. The number of nitrogens with zero attached hydrogens (tertiary/aromatic N) is 4. The van der Waals surface area contributed by atoms with Crippen molar-refractivity contribution in [1.29, 1.82) is 0 Å². The third-order valence-electron chi connectivity index (χ3n) is 5.80. The molecular formula is C21H26N4O3S. The summed E-state index contributed by atoms with van der Waals surface area (Å²) in [5, 5.41) is 3.02. The standard InChI is InChI=1S/C21H26N4O3S/c1-23-13-14-25(20(16-23)17-7-3-2-4-8-17)29(27,28)21-10-9-18(22-26)15-19(21)24-11-5-6-12-24/h2-4,7-10,15,20H,5-6,11-14,16H2,1H3. The van der Waals surface area contributed by atoms with Gasteiger partial charge in [-0.3, -0.25) is 0 Å². The Morgan fingerprint density at radius 1 is 0.966 bits per heavy atom. The summed E-state index contributed by atoms with van der Waals surface area (Å²) in [6, 6.07) is 14.2. The van der Waals surface area contributed by atoms with Crippen LogP contribution in [0.3, 0.4) is 0 Å². The molecule has 7 nitrogen and oxygen atoms in total. The molecule has 0 spiro atoms. The van der Waals surface area contributed by atoms with Crippen LogP contribution < -0.4 is 4.90 Å². The molecule has 8 heteroatoms. The van der Waals surface area contributed by atoms with Crippen LogP contribution in [-0.2, 0) is 10.0 Å². The van der Waals surface area contributed by atoms with Crippen molar-refractivity contribution in [2.24, 2.45) is 5.18 Å². The summed E-state index contributed by atoms with van der Waals surface area (Å²) < 4.78 is 29.3. The van der Waals surface area contributed by atoms with Gasteiger partial charge in [0, 0.05) is 32.7 Å². The SMILES string of the molecule is CN1CCN(S(=O)(=O)c2ccc(N=O)cc2N2CCCC2)C(c2ccccc2)C1. The van der Waals surface area contributed by atoms with Crippen LogP contribution in [0.1, 0.15) is 24.4 Å². The number of sulfonamides is 1. The van der Waals surface area contributed by atoms with Crippen LogP contribution in [0.25, 0.3) is 0 Å². The van der Waals surface area contributed by atoms with Gasteiger partial charge in [-0.2, -0.15) is 4.31 Å². The Hall–Kier alpha value is -2.29. The van der Waals surface area contributed by atoms with Crippen LogP contribution in [0.2, 0.25) is 0 Å². The molecule has 2 aromatic carbocycles. The summed E-state index contributed by atoms with van der Waals surface area (Å²) in [7, 11) is -1.74. The zero-order valence-corrected chi connectivity index (χ0v) is 17.4. The molecule has 29 heavy (non-hydrogen) atoms. The first kappa shape index (κ1) is 20.0. The fourth-order valence-corrected chi connectivity index (χ4v) is 6.04. The molecule has 2 aromatic rings. The fraction of sp³-hybridized carbons (Fsp3) is 0.429. The van der Waals surface area contributed by atoms with Gasteiger partial charge < -0.3 is 9.80 Å². The first-order chi connectivity index (χ1) is 14.0. The van der Waals surface area contributed by atoms with Gasteiger partial charge in [-0.1, -0.05) is 30.3 Å². The fourth-order valence-electron chi connectivity index (χ4n) is 4.25. The maximum Gasteiger partial charge on any atom is 0.245 e. The average molecular weight is 415 g/mol. The summed E-state index contributed by atoms with van der Waals surface area (Å²) in [5.41, 5.74) is 1.82. The third-order valence-corrected chi connectivity index (χ3v) is 7.76. The summed E-state index contributed by atoms with van der Waals surface area (Å²) in [4.78, 5) is 15.5. The molecule has 2 fully saturated rings. The highest BCUT2D eigenvalue weighted by Gasteiger charge is 2.38. The molecule has 0 N–H and O–H groups in total. The molecular weight excluding hydrogens is 388 g/mol. The van der Waals surface area contributed by atoms with Gasteiger partial charge in [0.25, 0.3) is 0 Å². The van der Waals surface area contributed by atoms with Gasteiger partial charge in [0.15, 0.2) is 0 Å². The predicted octanol–water partition coefficient (Wildman–Crippen LogP) is 3.36. The first-order valence-corrected chi connectivity index (χ1v) is 11.4. The number of rotatable bonds is 5. The zero-order valence-electron chi connectivity index (χ0n) is 16.6. The molecule has 1 unspecified atom stereocenters. The van der Waals surface area contributed by atoms with E-state index in [2.05, 4.69) is 15.0 Å². The zero-order chi connectivity index (χ0) is 20.4. The van der Waals surface area contributed by atoms with Crippen molar-refractivity contribution in [3.8, 4) is 0 Å². The van der Waals surface area contributed by atoms with E-state index in [0.29, 0.717) is 25.3 Å². The van der Waals surface area contributed by atoms with Crippen molar-refractivity contribution >= 4 is 21.4 Å². The minimum atomic E-state index is -3.75. The highest BCUT2D eigenvalue weighted by atomic mass is 32.2. The number of hydrogen-bond acceptors (Lipinski definition) is 6. The molecule has 2 aliphatic heterocycles. The lowest BCUT2D eigenvalue weighted by Crippen LogP contribution is -2.49. The molecule has 154 valence electrons. The molecule has 1 atom stereocenters. The van der Waals surface area contributed by atoms with Gasteiger partial charge in [0.1, 0.15) is 10.6 Å². The number of benzene rings is 2. The lowest BCUT2D eigenvalue weighted by Gasteiger charge is -2.39. The molecule has 0 saturated carbocycles. The molecule has 4 rings (SSSR count).